The first-order valence-corrected chi connectivity index (χ1v) is 43.0. The van der Waals surface area contributed by atoms with E-state index in [0.29, 0.717) is 221 Å². The topological polar surface area (TPSA) is 326 Å². The van der Waals surface area contributed by atoms with Crippen LogP contribution < -0.4 is 15.4 Å². The Morgan fingerprint density at radius 3 is 1.38 bits per heavy atom. The number of carbonyl (C=O) groups is 3. The summed E-state index contributed by atoms with van der Waals surface area (Å²) in [6, 6.07) is 26.5. The molecule has 0 bridgehead atoms. The highest BCUT2D eigenvalue weighted by atomic mass is 35.5. The Bertz CT molecular complexity index is 5280. The summed E-state index contributed by atoms with van der Waals surface area (Å²) in [5.74, 6) is 0.796. The van der Waals surface area contributed by atoms with Gasteiger partial charge in [-0.05, 0) is 144 Å². The number of nitrogens with one attached hydrogen (secondary N) is 5. The summed E-state index contributed by atoms with van der Waals surface area (Å²) >= 11 is 0. The third-order valence-corrected chi connectivity index (χ3v) is 21.5. The van der Waals surface area contributed by atoms with Crippen LogP contribution in [0.1, 0.15) is 103 Å². The van der Waals surface area contributed by atoms with Crippen molar-refractivity contribution in [1.29, 1.82) is 0 Å². The van der Waals surface area contributed by atoms with Crippen molar-refractivity contribution in [3.63, 3.8) is 0 Å². The number of ether oxygens (including phenoxy) is 10. The molecule has 2 aromatic carbocycles. The number of carbonyl (C=O) groups excluding carboxylic acids is 3. The van der Waals surface area contributed by atoms with Crippen LogP contribution in [0, 0.1) is 17.5 Å². The number of fused-ring (bicyclic) bond motifs is 6. The second-order valence-corrected chi connectivity index (χ2v) is 30.0. The smallest absolute Gasteiger partial charge is 0.410 e. The third-order valence-electron chi connectivity index (χ3n) is 21.5. The first kappa shape index (κ1) is 93.3. The minimum atomic E-state index is -0.488. The number of aromatic nitrogens is 13. The van der Waals surface area contributed by atoms with Gasteiger partial charge in [0.25, 0.3) is 0 Å². The molecule has 3 atom stereocenters. The first-order chi connectivity index (χ1) is 60.9. The number of hydrogen-bond donors (Lipinski definition) is 5. The van der Waals surface area contributed by atoms with E-state index in [1.165, 1.54) is 36.8 Å². The molecule has 30 nitrogen and oxygen atoms in total. The molecule has 16 rings (SSSR count). The SMILES string of the molecule is CCOCCOCCOCCCC(=O)N1CCC[C@H](n2ccc3ccc(-c4c[nH]c5ncc(F)cc45)cc32)C1.CCOCCOCCOCCCC(=O)N1CCC[C@H](n2ccc3cnc(-c4c[nH]c5ncc(F)cc45)nc32)C1.CCOCCOCCOCCNC(=O)Oc1ccccc1.Cl.Fc1cnc2[nH]cc(-c3ncc4ccn([C@H]5CCCNC5)c4n3)c2c1. The van der Waals surface area contributed by atoms with Crippen LogP contribution in [0.5, 0.6) is 5.75 Å². The van der Waals surface area contributed by atoms with Crippen LogP contribution in [-0.2, 0) is 52.2 Å². The molecule has 125 heavy (non-hydrogen) atoms. The maximum Gasteiger partial charge on any atom is 0.412 e. The van der Waals surface area contributed by atoms with Gasteiger partial charge in [0.2, 0.25) is 11.8 Å². The van der Waals surface area contributed by atoms with Gasteiger partial charge in [-0.25, -0.2) is 52.9 Å². The minimum Gasteiger partial charge on any atom is -0.410 e. The molecule has 0 aliphatic carbocycles. The zero-order valence-corrected chi connectivity index (χ0v) is 71.9. The van der Waals surface area contributed by atoms with Gasteiger partial charge < -0.3 is 96.5 Å². The number of likely N-dealkylation sites (tertiary alicyclic amines) is 2. The van der Waals surface area contributed by atoms with E-state index in [0.717, 1.165) is 120 Å². The zero-order valence-electron chi connectivity index (χ0n) is 71.1. The predicted octanol–water partition coefficient (Wildman–Crippen LogP) is 14.8. The van der Waals surface area contributed by atoms with E-state index in [1.807, 2.05) is 67.4 Å². The first-order valence-electron chi connectivity index (χ1n) is 43.0. The average molecular weight is 1750 g/mol. The largest absolute Gasteiger partial charge is 0.412 e. The van der Waals surface area contributed by atoms with Crippen LogP contribution in [0.3, 0.4) is 0 Å². The molecule has 0 saturated carbocycles. The zero-order chi connectivity index (χ0) is 86.0. The van der Waals surface area contributed by atoms with Gasteiger partial charge in [0.1, 0.15) is 51.4 Å². The molecule has 0 radical (unpaired) electrons. The molecule has 13 aromatic rings. The predicted molar refractivity (Wildman–Crippen MR) is 474 cm³/mol. The summed E-state index contributed by atoms with van der Waals surface area (Å²) in [5, 5.41) is 11.2. The van der Waals surface area contributed by atoms with Gasteiger partial charge in [0.05, 0.1) is 117 Å². The molecule has 0 spiro atoms. The highest BCUT2D eigenvalue weighted by molar-refractivity contribution is 5.97. The number of piperidine rings is 3. The number of pyridine rings is 3. The van der Waals surface area contributed by atoms with Gasteiger partial charge in [-0.1, -0.05) is 30.3 Å². The minimum absolute atomic E-state index is 0. The van der Waals surface area contributed by atoms with Gasteiger partial charge >= 0.3 is 6.09 Å². The Kier molecular flexibility index (Phi) is 36.7. The normalized spacial score (nSPS) is 15.3. The highest BCUT2D eigenvalue weighted by Gasteiger charge is 2.29. The van der Waals surface area contributed by atoms with E-state index < -0.39 is 11.9 Å². The molecule has 11 aromatic heterocycles. The molecule has 3 aliphatic rings. The number of para-hydroxylation sites is 1. The number of rotatable bonds is 39. The Morgan fingerprint density at radius 2 is 0.888 bits per heavy atom. The maximum absolute atomic E-state index is 13.9. The highest BCUT2D eigenvalue weighted by Crippen LogP contribution is 2.36. The van der Waals surface area contributed by atoms with E-state index in [1.54, 1.807) is 42.9 Å². The Hall–Kier alpha value is -10.8. The van der Waals surface area contributed by atoms with Crippen molar-refractivity contribution < 1.29 is 74.9 Å². The Labute approximate surface area is 729 Å². The van der Waals surface area contributed by atoms with Crippen LogP contribution >= 0.6 is 12.4 Å². The van der Waals surface area contributed by atoms with E-state index >= 15 is 0 Å². The molecule has 668 valence electrons. The van der Waals surface area contributed by atoms with Crippen LogP contribution in [0.2, 0.25) is 0 Å². The summed E-state index contributed by atoms with van der Waals surface area (Å²) in [6.07, 6.45) is 26.9. The van der Waals surface area contributed by atoms with Gasteiger partial charge in [-0.3, -0.25) is 9.59 Å². The van der Waals surface area contributed by atoms with Gasteiger partial charge in [0, 0.05) is 190 Å². The summed E-state index contributed by atoms with van der Waals surface area (Å²) in [7, 11) is 0. The fraction of sp³-hybridized carbons (Fsp3) is 0.451. The van der Waals surface area contributed by atoms with Crippen molar-refractivity contribution >= 4 is 96.4 Å². The quantitative estimate of drug-likeness (QED) is 0.0223. The molecule has 3 amide bonds. The number of H-pyrrole nitrogens is 3. The molecular formula is C91H113ClF3N17O13. The van der Waals surface area contributed by atoms with Gasteiger partial charge in [-0.15, -0.1) is 12.4 Å². The lowest BCUT2D eigenvalue weighted by atomic mass is 10.0. The maximum atomic E-state index is 13.9. The molecule has 3 fully saturated rings. The number of hydrogen-bond acceptors (Lipinski definition) is 21. The summed E-state index contributed by atoms with van der Waals surface area (Å²) < 4.78 is 101. The molecule has 3 saturated heterocycles. The molecule has 0 unspecified atom stereocenters. The lowest BCUT2D eigenvalue weighted by Gasteiger charge is -2.34. The van der Waals surface area contributed by atoms with Crippen molar-refractivity contribution in [2.75, 3.05) is 165 Å². The van der Waals surface area contributed by atoms with Crippen LogP contribution in [0.15, 0.2) is 153 Å². The van der Waals surface area contributed by atoms with Gasteiger partial charge in [0.15, 0.2) is 11.6 Å². The number of halogens is 4. The average Bonchev–Trinajstić information content (AvgIpc) is 1.63. The van der Waals surface area contributed by atoms with Crippen molar-refractivity contribution in [3.05, 3.63) is 171 Å². The van der Waals surface area contributed by atoms with Crippen LogP contribution in [-0.4, -0.2) is 256 Å². The second kappa shape index (κ2) is 49.2. The van der Waals surface area contributed by atoms with Gasteiger partial charge in [-0.2, -0.15) is 0 Å². The lowest BCUT2D eigenvalue weighted by Crippen LogP contribution is -2.40. The van der Waals surface area contributed by atoms with E-state index in [9.17, 15) is 27.6 Å². The van der Waals surface area contributed by atoms with Crippen LogP contribution in [0.25, 0.3) is 100.0 Å². The summed E-state index contributed by atoms with van der Waals surface area (Å²) in [6.45, 7) is 21.4. The number of amides is 3. The van der Waals surface area contributed by atoms with Crippen molar-refractivity contribution in [1.82, 2.24) is 84.0 Å². The third kappa shape index (κ3) is 26.6. The fourth-order valence-corrected chi connectivity index (χ4v) is 15.4. The van der Waals surface area contributed by atoms with E-state index in [4.69, 9.17) is 57.3 Å². The molecule has 34 heteroatoms. The molecule has 14 heterocycles. The monoisotopic (exact) mass is 1740 g/mol. The van der Waals surface area contributed by atoms with Crippen LogP contribution in [0.4, 0.5) is 18.0 Å². The van der Waals surface area contributed by atoms with Crippen molar-refractivity contribution in [3.8, 4) is 39.7 Å². The molecular weight excluding hydrogens is 1630 g/mol. The van der Waals surface area contributed by atoms with E-state index in [-0.39, 0.29) is 47.9 Å². The fourth-order valence-electron chi connectivity index (χ4n) is 15.4. The Morgan fingerprint density at radius 1 is 0.456 bits per heavy atom. The number of aromatic amines is 3. The Balaban J connectivity index is 0.000000156. The summed E-state index contributed by atoms with van der Waals surface area (Å²) in [5.41, 5.74) is 8.10. The van der Waals surface area contributed by atoms with Crippen molar-refractivity contribution in [2.45, 2.75) is 103 Å². The molecule has 5 N–H and O–H groups in total. The van der Waals surface area contributed by atoms with E-state index in [2.05, 4.69) is 101 Å². The number of nitrogens with zero attached hydrogens (tertiary/aromatic N) is 12. The second-order valence-electron chi connectivity index (χ2n) is 30.0. The number of benzene rings is 2. The lowest BCUT2D eigenvalue weighted by molar-refractivity contribution is -0.134. The summed E-state index contributed by atoms with van der Waals surface area (Å²) in [4.78, 5) is 81.5. The molecule has 3 aliphatic heterocycles. The standard InChI is InChI=1S/C30H37FN4O4.C28H35FN6O4.C18H17FN6.C15H23NO5.ClH/c1-2-37-13-14-39-16-15-38-12-4-6-29(36)34-10-3-5-25(21-34)35-11-9-22-7-8-23(17-28(22)35)27-20-33-30-26(27)18-24(31)19-32-30;1-2-37-11-12-39-14-13-38-10-4-6-25(36)34-8-3-5-22(19-34)35-9-7-20-16-30-27(33-28(20)35)24-18-32-26-23(24)15-21(29)17-31-26;19-12-6-14-15(10-23-16(14)22-8-12)17-21-7-11-3-5-25(18(11)24-17)13-2-1-4-20-9-13;1-2-18-10-11-20-13-12-19-9-8-16-15(17)21-14-6-4-3-5-7-14;/h7-9,11,17-20,25H,2-6,10,12-16,21H2,1H3,(H,32,33);7,9,15-18,22H,2-6,8,10-14,19H2,1H3,(H,31,32);3,5-8,10,13,20H,1-2,4,9H2,(H,22,23);3-7H,2,8-13H2,1H3,(H,16,17);1H/t25-;22-;13-;;/m000../s1. The van der Waals surface area contributed by atoms with Crippen molar-refractivity contribution in [2.24, 2.45) is 0 Å².